The molecule has 170 valence electrons. The van der Waals surface area contributed by atoms with Crippen molar-refractivity contribution in [1.82, 2.24) is 19.5 Å². The number of thioether (sulfide) groups is 1. The predicted octanol–water partition coefficient (Wildman–Crippen LogP) is 3.23. The molecule has 11 heteroatoms. The second-order valence-electron chi connectivity index (χ2n) is 7.55. The molecule has 1 amide bonds. The number of nitrogens with zero attached hydrogens (tertiary/aromatic N) is 3. The molecule has 0 unspecified atom stereocenters. The zero-order chi connectivity index (χ0) is 22.4. The Balaban J connectivity index is 1.72. The maximum atomic E-state index is 13.2. The summed E-state index contributed by atoms with van der Waals surface area (Å²) in [5, 5.41) is 10.2. The van der Waals surface area contributed by atoms with Crippen LogP contribution < -0.4 is 10.1 Å². The molecule has 2 heterocycles. The van der Waals surface area contributed by atoms with Gasteiger partial charge in [0.2, 0.25) is 21.1 Å². The van der Waals surface area contributed by atoms with Crippen LogP contribution in [0.2, 0.25) is 0 Å². The van der Waals surface area contributed by atoms with E-state index in [1.54, 1.807) is 19.1 Å². The first-order chi connectivity index (χ1) is 14.8. The maximum Gasteiger partial charge on any atom is 0.246 e. The summed E-state index contributed by atoms with van der Waals surface area (Å²) < 4.78 is 33.4. The minimum Gasteiger partial charge on any atom is -0.492 e. The highest BCUT2D eigenvalue weighted by atomic mass is 32.2. The fourth-order valence-corrected chi connectivity index (χ4v) is 5.49. The molecular weight excluding hydrogens is 438 g/mol. The first-order valence-electron chi connectivity index (χ1n) is 10.4. The van der Waals surface area contributed by atoms with Crippen LogP contribution in [0, 0.1) is 0 Å². The fourth-order valence-electron chi connectivity index (χ4n) is 3.21. The monoisotopic (exact) mass is 467 g/mol. The van der Waals surface area contributed by atoms with Crippen molar-refractivity contribution in [1.29, 1.82) is 0 Å². The fraction of sp³-hybridized carbons (Fsp3) is 0.550. The summed E-state index contributed by atoms with van der Waals surface area (Å²) in [6.45, 7) is 7.15. The van der Waals surface area contributed by atoms with Crippen LogP contribution >= 0.6 is 11.8 Å². The van der Waals surface area contributed by atoms with E-state index in [2.05, 4.69) is 20.5 Å². The van der Waals surface area contributed by atoms with Gasteiger partial charge in [-0.05, 0) is 38.0 Å². The van der Waals surface area contributed by atoms with E-state index in [4.69, 9.17) is 4.74 Å². The Morgan fingerprint density at radius 1 is 1.29 bits per heavy atom. The van der Waals surface area contributed by atoms with E-state index in [0.717, 1.165) is 25.1 Å². The largest absolute Gasteiger partial charge is 0.492 e. The third-order valence-electron chi connectivity index (χ3n) is 4.82. The molecule has 1 aromatic carbocycles. The average Bonchev–Trinajstić information content (AvgIpc) is 3.24. The van der Waals surface area contributed by atoms with Gasteiger partial charge in [-0.15, -0.1) is 5.10 Å². The zero-order valence-electron chi connectivity index (χ0n) is 18.1. The molecule has 1 fully saturated rings. The molecular formula is C20H29N5O4S2. The molecule has 0 bridgehead atoms. The van der Waals surface area contributed by atoms with E-state index in [-0.39, 0.29) is 22.5 Å². The van der Waals surface area contributed by atoms with Crippen molar-refractivity contribution < 1.29 is 17.9 Å². The lowest BCUT2D eigenvalue weighted by molar-refractivity contribution is -0.113. The van der Waals surface area contributed by atoms with Crippen LogP contribution in [-0.2, 0) is 14.8 Å². The molecule has 2 aromatic rings. The van der Waals surface area contributed by atoms with Gasteiger partial charge in [0.1, 0.15) is 16.5 Å². The van der Waals surface area contributed by atoms with E-state index in [0.29, 0.717) is 36.3 Å². The first-order valence-corrected chi connectivity index (χ1v) is 12.9. The quantitative estimate of drug-likeness (QED) is 0.544. The highest BCUT2D eigenvalue weighted by Crippen LogP contribution is 2.31. The number of hydrogen-bond donors (Lipinski definition) is 2. The number of amides is 1. The van der Waals surface area contributed by atoms with Crippen molar-refractivity contribution in [3.05, 3.63) is 24.0 Å². The summed E-state index contributed by atoms with van der Waals surface area (Å²) in [6.07, 6.45) is 2.72. The number of piperidine rings is 1. The molecule has 1 aromatic heterocycles. The average molecular weight is 468 g/mol. The summed E-state index contributed by atoms with van der Waals surface area (Å²) in [5.41, 5.74) is 0.405. The van der Waals surface area contributed by atoms with Gasteiger partial charge in [-0.1, -0.05) is 32.0 Å². The number of aromatic amines is 1. The molecule has 2 N–H and O–H groups in total. The Morgan fingerprint density at radius 3 is 2.68 bits per heavy atom. The summed E-state index contributed by atoms with van der Waals surface area (Å²) in [5.74, 6) is 1.12. The molecule has 0 radical (unpaired) electrons. The van der Waals surface area contributed by atoms with Crippen LogP contribution in [0.4, 0.5) is 5.69 Å². The first kappa shape index (κ1) is 23.6. The van der Waals surface area contributed by atoms with Gasteiger partial charge in [0.15, 0.2) is 0 Å². The molecule has 31 heavy (non-hydrogen) atoms. The van der Waals surface area contributed by atoms with Gasteiger partial charge >= 0.3 is 0 Å². The Morgan fingerprint density at radius 2 is 2.03 bits per heavy atom. The highest BCUT2D eigenvalue weighted by molar-refractivity contribution is 7.99. The van der Waals surface area contributed by atoms with Crippen molar-refractivity contribution in [3.63, 3.8) is 0 Å². The number of H-pyrrole nitrogens is 1. The normalized spacial score (nSPS) is 15.2. The molecule has 9 nitrogen and oxygen atoms in total. The number of carbonyl (C=O) groups is 1. The van der Waals surface area contributed by atoms with Crippen LogP contribution in [0.3, 0.4) is 0 Å². The number of aromatic nitrogens is 3. The smallest absolute Gasteiger partial charge is 0.246 e. The topological polar surface area (TPSA) is 117 Å². The minimum absolute atomic E-state index is 0.0808. The van der Waals surface area contributed by atoms with Gasteiger partial charge < -0.3 is 10.1 Å². The Labute approximate surface area is 187 Å². The molecule has 0 saturated carbocycles. The van der Waals surface area contributed by atoms with E-state index in [9.17, 15) is 13.2 Å². The van der Waals surface area contributed by atoms with Gasteiger partial charge in [-0.25, -0.2) is 13.4 Å². The lowest BCUT2D eigenvalue weighted by atomic mass is 10.2. The SMILES string of the molecule is CCOc1ccc(NC(=O)CSc2n[nH]c(C(C)C)n2)cc1S(=O)(=O)N1CCCCC1. The number of anilines is 1. The standard InChI is InChI=1S/C20H29N5O4S2/c1-4-29-16-9-8-15(12-17(16)31(27,28)25-10-6-5-7-11-25)21-18(26)13-30-20-22-19(14(2)3)23-24-20/h8-9,12,14H,4-7,10-11,13H2,1-3H3,(H,21,26)(H,22,23,24). The molecule has 1 aliphatic rings. The van der Waals surface area contributed by atoms with Crippen LogP contribution in [0.25, 0.3) is 0 Å². The molecule has 1 saturated heterocycles. The van der Waals surface area contributed by atoms with Crippen LogP contribution in [0.15, 0.2) is 28.3 Å². The number of nitrogens with one attached hydrogen (secondary N) is 2. The van der Waals surface area contributed by atoms with Gasteiger partial charge in [-0.3, -0.25) is 9.89 Å². The third kappa shape index (κ3) is 5.98. The van der Waals surface area contributed by atoms with Crippen LogP contribution in [-0.4, -0.2) is 59.3 Å². The third-order valence-corrected chi connectivity index (χ3v) is 7.59. The Bertz CT molecular complexity index is 1000. The number of hydrogen-bond acceptors (Lipinski definition) is 7. The van der Waals surface area contributed by atoms with Crippen molar-refractivity contribution in [2.24, 2.45) is 0 Å². The molecule has 1 aliphatic heterocycles. The summed E-state index contributed by atoms with van der Waals surface area (Å²) in [6, 6.07) is 4.71. The lowest BCUT2D eigenvalue weighted by Crippen LogP contribution is -2.35. The summed E-state index contributed by atoms with van der Waals surface area (Å²) in [4.78, 5) is 16.8. The number of ether oxygens (including phenoxy) is 1. The molecule has 0 aliphatic carbocycles. The predicted molar refractivity (Wildman–Crippen MR) is 120 cm³/mol. The van der Waals surface area contributed by atoms with Crippen molar-refractivity contribution in [2.75, 3.05) is 30.8 Å². The second-order valence-corrected chi connectivity index (χ2v) is 10.4. The van der Waals surface area contributed by atoms with Crippen LogP contribution in [0.1, 0.15) is 51.8 Å². The van der Waals surface area contributed by atoms with E-state index in [1.807, 2.05) is 13.8 Å². The Kier molecular flexibility index (Phi) is 7.95. The summed E-state index contributed by atoms with van der Waals surface area (Å²) >= 11 is 1.21. The lowest BCUT2D eigenvalue weighted by Gasteiger charge is -2.27. The number of carbonyl (C=O) groups excluding carboxylic acids is 1. The number of rotatable bonds is 9. The van der Waals surface area contributed by atoms with E-state index >= 15 is 0 Å². The van der Waals surface area contributed by atoms with E-state index in [1.165, 1.54) is 22.1 Å². The Hall–Kier alpha value is -2.11. The number of sulfonamides is 1. The van der Waals surface area contributed by atoms with Crippen LogP contribution in [0.5, 0.6) is 5.75 Å². The number of benzene rings is 1. The highest BCUT2D eigenvalue weighted by Gasteiger charge is 2.29. The molecule has 3 rings (SSSR count). The van der Waals surface area contributed by atoms with Crippen molar-refractivity contribution >= 4 is 33.4 Å². The van der Waals surface area contributed by atoms with Gasteiger partial charge in [0.25, 0.3) is 0 Å². The van der Waals surface area contributed by atoms with Gasteiger partial charge in [-0.2, -0.15) is 4.31 Å². The van der Waals surface area contributed by atoms with Gasteiger partial charge in [0.05, 0.1) is 12.4 Å². The minimum atomic E-state index is -3.71. The molecule has 0 atom stereocenters. The van der Waals surface area contributed by atoms with Crippen molar-refractivity contribution in [3.8, 4) is 5.75 Å². The van der Waals surface area contributed by atoms with E-state index < -0.39 is 10.0 Å². The maximum absolute atomic E-state index is 13.2. The molecule has 0 spiro atoms. The van der Waals surface area contributed by atoms with Gasteiger partial charge in [0, 0.05) is 24.7 Å². The summed E-state index contributed by atoms with van der Waals surface area (Å²) in [7, 11) is -3.71. The zero-order valence-corrected chi connectivity index (χ0v) is 19.7. The second kappa shape index (κ2) is 10.5. The van der Waals surface area contributed by atoms with Crippen molar-refractivity contribution in [2.45, 2.75) is 56.0 Å².